The van der Waals surface area contributed by atoms with Crippen molar-refractivity contribution in [3.8, 4) is 0 Å². The molecule has 3 heteroatoms. The molecule has 1 saturated heterocycles. The van der Waals surface area contributed by atoms with E-state index >= 15 is 0 Å². The summed E-state index contributed by atoms with van der Waals surface area (Å²) in [5, 5.41) is 9.14. The van der Waals surface area contributed by atoms with Crippen molar-refractivity contribution >= 4 is 11.8 Å². The number of rotatable bonds is 3. The van der Waals surface area contributed by atoms with Gasteiger partial charge in [-0.3, -0.25) is 4.90 Å². The average molecular weight is 187 g/mol. The molecule has 2 nitrogen and oxygen atoms in total. The first-order valence-electron chi connectivity index (χ1n) is 4.33. The molecule has 1 atom stereocenters. The van der Waals surface area contributed by atoms with Crippen LogP contribution in [0.1, 0.15) is 6.92 Å². The third-order valence-corrected chi connectivity index (χ3v) is 3.17. The van der Waals surface area contributed by atoms with Crippen molar-refractivity contribution in [2.45, 2.75) is 13.0 Å². The molecule has 1 heterocycles. The zero-order valence-corrected chi connectivity index (χ0v) is 8.44. The van der Waals surface area contributed by atoms with Crippen LogP contribution in [0.15, 0.2) is 12.2 Å². The van der Waals surface area contributed by atoms with E-state index in [1.54, 1.807) is 0 Å². The van der Waals surface area contributed by atoms with Crippen LogP contribution in [0.3, 0.4) is 0 Å². The van der Waals surface area contributed by atoms with Gasteiger partial charge >= 0.3 is 0 Å². The number of aliphatic hydroxyl groups is 1. The van der Waals surface area contributed by atoms with Gasteiger partial charge in [-0.15, -0.1) is 0 Å². The molecular formula is C9H17NOS. The molecule has 0 aromatic heterocycles. The highest BCUT2D eigenvalue weighted by molar-refractivity contribution is 7.99. The summed E-state index contributed by atoms with van der Waals surface area (Å²) >= 11 is 1.99. The predicted octanol–water partition coefficient (Wildman–Crippen LogP) is 0.972. The summed E-state index contributed by atoms with van der Waals surface area (Å²) < 4.78 is 0. The van der Waals surface area contributed by atoms with Crippen molar-refractivity contribution in [3.05, 3.63) is 12.2 Å². The Balaban J connectivity index is 2.46. The van der Waals surface area contributed by atoms with Crippen LogP contribution in [-0.4, -0.2) is 47.3 Å². The smallest absolute Gasteiger partial charge is 0.0625 e. The van der Waals surface area contributed by atoms with E-state index in [2.05, 4.69) is 11.5 Å². The van der Waals surface area contributed by atoms with Gasteiger partial charge in [0.15, 0.2) is 0 Å². The van der Waals surface area contributed by atoms with Gasteiger partial charge < -0.3 is 5.11 Å². The molecule has 0 aromatic rings. The number of hydrogen-bond donors (Lipinski definition) is 1. The van der Waals surface area contributed by atoms with Crippen LogP contribution in [-0.2, 0) is 0 Å². The molecule has 1 N–H and O–H groups in total. The summed E-state index contributed by atoms with van der Waals surface area (Å²) in [5.74, 6) is 2.37. The van der Waals surface area contributed by atoms with Crippen LogP contribution in [0.2, 0.25) is 0 Å². The lowest BCUT2D eigenvalue weighted by atomic mass is 10.1. The highest BCUT2D eigenvalue weighted by Crippen LogP contribution is 2.15. The minimum atomic E-state index is 0.186. The normalized spacial score (nSPS) is 22.2. The van der Waals surface area contributed by atoms with E-state index in [4.69, 9.17) is 5.11 Å². The second kappa shape index (κ2) is 4.90. The fourth-order valence-corrected chi connectivity index (χ4v) is 2.40. The third-order valence-electron chi connectivity index (χ3n) is 2.23. The Morgan fingerprint density at radius 2 is 2.17 bits per heavy atom. The largest absolute Gasteiger partial charge is 0.394 e. The Morgan fingerprint density at radius 3 is 2.58 bits per heavy atom. The van der Waals surface area contributed by atoms with Gasteiger partial charge in [0.25, 0.3) is 0 Å². The molecule has 0 radical (unpaired) electrons. The Morgan fingerprint density at radius 1 is 1.58 bits per heavy atom. The summed E-state index contributed by atoms with van der Waals surface area (Å²) in [5.41, 5.74) is 1.07. The summed E-state index contributed by atoms with van der Waals surface area (Å²) in [7, 11) is 0. The van der Waals surface area contributed by atoms with Crippen molar-refractivity contribution in [1.29, 1.82) is 0 Å². The second-order valence-electron chi connectivity index (χ2n) is 3.19. The Bertz CT molecular complexity index is 155. The molecule has 0 spiro atoms. The van der Waals surface area contributed by atoms with Gasteiger partial charge in [-0.25, -0.2) is 0 Å². The van der Waals surface area contributed by atoms with E-state index in [9.17, 15) is 0 Å². The molecule has 1 fully saturated rings. The van der Waals surface area contributed by atoms with Crippen LogP contribution < -0.4 is 0 Å². The van der Waals surface area contributed by atoms with Gasteiger partial charge in [-0.05, 0) is 6.92 Å². The monoisotopic (exact) mass is 187 g/mol. The lowest BCUT2D eigenvalue weighted by Crippen LogP contribution is -2.43. The summed E-state index contributed by atoms with van der Waals surface area (Å²) in [6.45, 7) is 8.26. The summed E-state index contributed by atoms with van der Waals surface area (Å²) in [6.07, 6.45) is 0. The molecule has 1 aliphatic heterocycles. The Kier molecular flexibility index (Phi) is 4.12. The standard InChI is InChI=1S/C9H17NOS/c1-8(2)9(7-11)10-3-5-12-6-4-10/h9,11H,1,3-7H2,2H3. The first-order chi connectivity index (χ1) is 5.75. The lowest BCUT2D eigenvalue weighted by Gasteiger charge is -2.33. The van der Waals surface area contributed by atoms with E-state index in [1.165, 1.54) is 11.5 Å². The number of nitrogens with zero attached hydrogens (tertiary/aromatic N) is 1. The van der Waals surface area contributed by atoms with Gasteiger partial charge in [0.1, 0.15) is 0 Å². The highest BCUT2D eigenvalue weighted by Gasteiger charge is 2.19. The van der Waals surface area contributed by atoms with Crippen LogP contribution >= 0.6 is 11.8 Å². The molecule has 0 aliphatic carbocycles. The fourth-order valence-electron chi connectivity index (χ4n) is 1.47. The maximum Gasteiger partial charge on any atom is 0.0625 e. The van der Waals surface area contributed by atoms with Crippen LogP contribution in [0.25, 0.3) is 0 Å². The van der Waals surface area contributed by atoms with Gasteiger partial charge in [0.2, 0.25) is 0 Å². The number of thioether (sulfide) groups is 1. The van der Waals surface area contributed by atoms with E-state index in [0.717, 1.165) is 18.7 Å². The maximum atomic E-state index is 9.14. The third kappa shape index (κ3) is 2.51. The van der Waals surface area contributed by atoms with Crippen molar-refractivity contribution in [1.82, 2.24) is 4.90 Å². The predicted molar refractivity (Wildman–Crippen MR) is 54.6 cm³/mol. The molecule has 1 aliphatic rings. The average Bonchev–Trinajstić information content (AvgIpc) is 2.07. The number of hydrogen-bond acceptors (Lipinski definition) is 3. The van der Waals surface area contributed by atoms with Crippen LogP contribution in [0, 0.1) is 0 Å². The molecule has 0 bridgehead atoms. The molecule has 0 amide bonds. The van der Waals surface area contributed by atoms with Gasteiger partial charge in [0, 0.05) is 24.6 Å². The molecular weight excluding hydrogens is 170 g/mol. The zero-order valence-electron chi connectivity index (χ0n) is 7.62. The fraction of sp³-hybridized carbons (Fsp3) is 0.778. The molecule has 0 saturated carbocycles. The maximum absolute atomic E-state index is 9.14. The topological polar surface area (TPSA) is 23.5 Å². The SMILES string of the molecule is C=C(C)C(CO)N1CCSCC1. The molecule has 1 unspecified atom stereocenters. The quantitative estimate of drug-likeness (QED) is 0.666. The Labute approximate surface area is 78.6 Å². The molecule has 1 rings (SSSR count). The van der Waals surface area contributed by atoms with Crippen molar-refractivity contribution < 1.29 is 5.11 Å². The zero-order chi connectivity index (χ0) is 8.97. The Hall–Kier alpha value is 0.0100. The van der Waals surface area contributed by atoms with Crippen LogP contribution in [0.5, 0.6) is 0 Å². The second-order valence-corrected chi connectivity index (χ2v) is 4.42. The van der Waals surface area contributed by atoms with E-state index in [1.807, 2.05) is 18.7 Å². The number of aliphatic hydroxyl groups excluding tert-OH is 1. The molecule has 70 valence electrons. The van der Waals surface area contributed by atoms with E-state index in [-0.39, 0.29) is 12.6 Å². The van der Waals surface area contributed by atoms with E-state index < -0.39 is 0 Å². The lowest BCUT2D eigenvalue weighted by molar-refractivity contribution is 0.155. The van der Waals surface area contributed by atoms with Crippen LogP contribution in [0.4, 0.5) is 0 Å². The first kappa shape index (κ1) is 10.1. The van der Waals surface area contributed by atoms with Crippen molar-refractivity contribution in [3.63, 3.8) is 0 Å². The highest BCUT2D eigenvalue weighted by atomic mass is 32.2. The van der Waals surface area contributed by atoms with Gasteiger partial charge in [-0.1, -0.05) is 12.2 Å². The molecule has 12 heavy (non-hydrogen) atoms. The van der Waals surface area contributed by atoms with Crippen molar-refractivity contribution in [2.75, 3.05) is 31.2 Å². The van der Waals surface area contributed by atoms with Gasteiger partial charge in [0.05, 0.1) is 12.6 Å². The van der Waals surface area contributed by atoms with Gasteiger partial charge in [-0.2, -0.15) is 11.8 Å². The van der Waals surface area contributed by atoms with E-state index in [0.29, 0.717) is 0 Å². The molecule has 0 aromatic carbocycles. The van der Waals surface area contributed by atoms with Crippen molar-refractivity contribution in [2.24, 2.45) is 0 Å². The first-order valence-corrected chi connectivity index (χ1v) is 5.49. The minimum Gasteiger partial charge on any atom is -0.394 e. The summed E-state index contributed by atoms with van der Waals surface area (Å²) in [4.78, 5) is 2.32. The summed E-state index contributed by atoms with van der Waals surface area (Å²) in [6, 6.07) is 0.186. The minimum absolute atomic E-state index is 0.186.